The SMILES string of the molecule is CCCC(=O)Nc1ccc(CN=C(NCC)NC(C)c2cccc(N3CCCC3)c2)cc1.I. The van der Waals surface area contributed by atoms with Crippen LogP contribution >= 0.6 is 24.0 Å². The Balaban J connectivity index is 0.00000385. The van der Waals surface area contributed by atoms with Crippen LogP contribution in [-0.2, 0) is 11.3 Å². The van der Waals surface area contributed by atoms with Gasteiger partial charge in [0.15, 0.2) is 5.96 Å². The third-order valence-corrected chi connectivity index (χ3v) is 5.67. The lowest BCUT2D eigenvalue weighted by Crippen LogP contribution is -2.38. The average molecular weight is 564 g/mol. The molecule has 2 aromatic rings. The van der Waals surface area contributed by atoms with Crippen molar-refractivity contribution in [3.05, 3.63) is 59.7 Å². The summed E-state index contributed by atoms with van der Waals surface area (Å²) in [6.45, 7) is 9.91. The monoisotopic (exact) mass is 563 g/mol. The molecule has 180 valence electrons. The van der Waals surface area contributed by atoms with E-state index >= 15 is 0 Å². The van der Waals surface area contributed by atoms with E-state index in [4.69, 9.17) is 4.99 Å². The molecule has 0 spiro atoms. The molecule has 0 bridgehead atoms. The van der Waals surface area contributed by atoms with Crippen LogP contribution in [0, 0.1) is 0 Å². The molecule has 0 saturated carbocycles. The van der Waals surface area contributed by atoms with Crippen molar-refractivity contribution in [3.63, 3.8) is 0 Å². The fourth-order valence-electron chi connectivity index (χ4n) is 3.89. The first-order valence-electron chi connectivity index (χ1n) is 11.9. The van der Waals surface area contributed by atoms with E-state index in [0.29, 0.717) is 13.0 Å². The van der Waals surface area contributed by atoms with Crippen molar-refractivity contribution in [2.24, 2.45) is 4.99 Å². The number of guanidine groups is 1. The molecule has 6 nitrogen and oxygen atoms in total. The second-order valence-corrected chi connectivity index (χ2v) is 8.35. The molecule has 1 unspecified atom stereocenters. The first-order valence-corrected chi connectivity index (χ1v) is 11.9. The van der Waals surface area contributed by atoms with Gasteiger partial charge in [-0.25, -0.2) is 4.99 Å². The van der Waals surface area contributed by atoms with Crippen LogP contribution < -0.4 is 20.9 Å². The molecule has 1 heterocycles. The van der Waals surface area contributed by atoms with Gasteiger partial charge in [0, 0.05) is 37.4 Å². The van der Waals surface area contributed by atoms with Crippen LogP contribution in [0.2, 0.25) is 0 Å². The molecule has 1 fully saturated rings. The van der Waals surface area contributed by atoms with Crippen molar-refractivity contribution in [1.82, 2.24) is 10.6 Å². The van der Waals surface area contributed by atoms with Gasteiger partial charge < -0.3 is 20.9 Å². The third-order valence-electron chi connectivity index (χ3n) is 5.67. The van der Waals surface area contributed by atoms with Crippen molar-refractivity contribution in [1.29, 1.82) is 0 Å². The normalized spacial score (nSPS) is 14.4. The molecule has 33 heavy (non-hydrogen) atoms. The van der Waals surface area contributed by atoms with Crippen LogP contribution in [0.25, 0.3) is 0 Å². The molecule has 1 amide bonds. The number of amides is 1. The number of carbonyl (C=O) groups is 1. The highest BCUT2D eigenvalue weighted by Crippen LogP contribution is 2.24. The smallest absolute Gasteiger partial charge is 0.224 e. The van der Waals surface area contributed by atoms with Gasteiger partial charge in [0.05, 0.1) is 12.6 Å². The molecule has 0 radical (unpaired) electrons. The number of nitrogens with one attached hydrogen (secondary N) is 3. The van der Waals surface area contributed by atoms with Crippen LogP contribution in [0.1, 0.15) is 63.6 Å². The molecule has 1 atom stereocenters. The summed E-state index contributed by atoms with van der Waals surface area (Å²) < 4.78 is 0. The largest absolute Gasteiger partial charge is 0.372 e. The first-order chi connectivity index (χ1) is 15.6. The highest BCUT2D eigenvalue weighted by molar-refractivity contribution is 14.0. The van der Waals surface area contributed by atoms with Crippen molar-refractivity contribution in [2.45, 2.75) is 59.0 Å². The van der Waals surface area contributed by atoms with Gasteiger partial charge >= 0.3 is 0 Å². The maximum atomic E-state index is 11.7. The van der Waals surface area contributed by atoms with E-state index in [1.807, 2.05) is 31.2 Å². The van der Waals surface area contributed by atoms with Crippen molar-refractivity contribution < 1.29 is 4.79 Å². The Morgan fingerprint density at radius 3 is 2.48 bits per heavy atom. The number of halogens is 1. The Kier molecular flexibility index (Phi) is 11.5. The predicted molar refractivity (Wildman–Crippen MR) is 150 cm³/mol. The topological polar surface area (TPSA) is 68.8 Å². The standard InChI is InChI=1S/C26H37N5O.HI/c1-4-9-25(32)30-23-14-12-21(13-15-23)19-28-26(27-5-2)29-20(3)22-10-8-11-24(18-22)31-16-6-7-17-31;/h8,10-15,18,20H,4-7,9,16-17,19H2,1-3H3,(H,30,32)(H2,27,28,29);1H. The van der Waals surface area contributed by atoms with Crippen LogP contribution in [0.15, 0.2) is 53.5 Å². The molecular weight excluding hydrogens is 525 g/mol. The Morgan fingerprint density at radius 1 is 1.09 bits per heavy atom. The summed E-state index contributed by atoms with van der Waals surface area (Å²) in [6, 6.07) is 16.9. The number of hydrogen-bond donors (Lipinski definition) is 3. The zero-order valence-electron chi connectivity index (χ0n) is 20.1. The van der Waals surface area contributed by atoms with Gasteiger partial charge in [0.2, 0.25) is 5.91 Å². The number of benzene rings is 2. The Bertz CT molecular complexity index is 894. The maximum Gasteiger partial charge on any atom is 0.224 e. The van der Waals surface area contributed by atoms with Crippen molar-refractivity contribution in [3.8, 4) is 0 Å². The molecule has 0 aromatic heterocycles. The highest BCUT2D eigenvalue weighted by atomic mass is 127. The van der Waals surface area contributed by atoms with E-state index in [1.165, 1.54) is 24.1 Å². The molecular formula is C26H38IN5O. The zero-order chi connectivity index (χ0) is 22.8. The Labute approximate surface area is 215 Å². The summed E-state index contributed by atoms with van der Waals surface area (Å²) >= 11 is 0. The molecule has 2 aromatic carbocycles. The average Bonchev–Trinajstić information content (AvgIpc) is 3.34. The van der Waals surface area contributed by atoms with Crippen LogP contribution in [-0.4, -0.2) is 31.5 Å². The summed E-state index contributed by atoms with van der Waals surface area (Å²) in [5, 5.41) is 9.80. The lowest BCUT2D eigenvalue weighted by molar-refractivity contribution is -0.116. The Morgan fingerprint density at radius 2 is 1.82 bits per heavy atom. The molecule has 7 heteroatoms. The molecule has 3 N–H and O–H groups in total. The number of rotatable bonds is 9. The first kappa shape index (κ1) is 27.0. The minimum atomic E-state index is 0. The fraction of sp³-hybridized carbons (Fsp3) is 0.462. The van der Waals surface area contributed by atoms with Crippen molar-refractivity contribution in [2.75, 3.05) is 29.9 Å². The quantitative estimate of drug-likeness (QED) is 0.215. The van der Waals surface area contributed by atoms with Gasteiger partial charge in [-0.1, -0.05) is 31.2 Å². The highest BCUT2D eigenvalue weighted by Gasteiger charge is 2.14. The van der Waals surface area contributed by atoms with Crippen LogP contribution in [0.5, 0.6) is 0 Å². The van der Waals surface area contributed by atoms with Gasteiger partial charge in [0.1, 0.15) is 0 Å². The minimum Gasteiger partial charge on any atom is -0.372 e. The molecule has 1 aliphatic rings. The number of anilines is 2. The lowest BCUT2D eigenvalue weighted by atomic mass is 10.1. The fourth-order valence-corrected chi connectivity index (χ4v) is 3.89. The second kappa shape index (κ2) is 14.1. The lowest BCUT2D eigenvalue weighted by Gasteiger charge is -2.22. The number of nitrogens with zero attached hydrogens (tertiary/aromatic N) is 2. The van der Waals surface area contributed by atoms with E-state index in [2.05, 4.69) is 59.0 Å². The summed E-state index contributed by atoms with van der Waals surface area (Å²) in [5.74, 6) is 0.853. The number of aliphatic imine (C=N–C) groups is 1. The zero-order valence-corrected chi connectivity index (χ0v) is 22.4. The van der Waals surface area contributed by atoms with E-state index in [1.54, 1.807) is 0 Å². The number of hydrogen-bond acceptors (Lipinski definition) is 3. The van der Waals surface area contributed by atoms with Crippen molar-refractivity contribution >= 4 is 47.2 Å². The van der Waals surface area contributed by atoms with Crippen LogP contribution in [0.4, 0.5) is 11.4 Å². The molecule has 1 saturated heterocycles. The Hall–Kier alpha value is -2.29. The van der Waals surface area contributed by atoms with E-state index in [9.17, 15) is 4.79 Å². The summed E-state index contributed by atoms with van der Waals surface area (Å²) in [7, 11) is 0. The predicted octanol–water partition coefficient (Wildman–Crippen LogP) is 5.46. The van der Waals surface area contributed by atoms with Gasteiger partial charge in [0.25, 0.3) is 0 Å². The van der Waals surface area contributed by atoms with Gasteiger partial charge in [-0.15, -0.1) is 24.0 Å². The molecule has 0 aliphatic carbocycles. The third kappa shape index (κ3) is 8.53. The van der Waals surface area contributed by atoms with E-state index < -0.39 is 0 Å². The minimum absolute atomic E-state index is 0. The second-order valence-electron chi connectivity index (χ2n) is 8.35. The maximum absolute atomic E-state index is 11.7. The van der Waals surface area contributed by atoms with E-state index in [0.717, 1.165) is 43.3 Å². The van der Waals surface area contributed by atoms with Gasteiger partial charge in [-0.05, 0) is 68.5 Å². The van der Waals surface area contributed by atoms with E-state index in [-0.39, 0.29) is 35.9 Å². The van der Waals surface area contributed by atoms with Gasteiger partial charge in [-0.3, -0.25) is 4.79 Å². The van der Waals surface area contributed by atoms with Crippen LogP contribution in [0.3, 0.4) is 0 Å². The molecule has 3 rings (SSSR count). The molecule has 1 aliphatic heterocycles. The summed E-state index contributed by atoms with van der Waals surface area (Å²) in [5.41, 5.74) is 4.49. The summed E-state index contributed by atoms with van der Waals surface area (Å²) in [6.07, 6.45) is 3.95. The van der Waals surface area contributed by atoms with Gasteiger partial charge in [-0.2, -0.15) is 0 Å². The number of carbonyl (C=O) groups excluding carboxylic acids is 1. The summed E-state index contributed by atoms with van der Waals surface area (Å²) in [4.78, 5) is 19.0.